The SMILES string of the molecule is CCCOc1ccc(CNC(=NC)NCc2ccccc2OCC)cc1OC.I. The quantitative estimate of drug-likeness (QED) is 0.281. The Balaban J connectivity index is 0.00000420. The molecule has 2 N–H and O–H groups in total. The van der Waals surface area contributed by atoms with Gasteiger partial charge in [0.2, 0.25) is 0 Å². The van der Waals surface area contributed by atoms with Gasteiger partial charge in [0.25, 0.3) is 0 Å². The van der Waals surface area contributed by atoms with Gasteiger partial charge in [-0.1, -0.05) is 31.2 Å². The maximum absolute atomic E-state index is 5.70. The largest absolute Gasteiger partial charge is 0.494 e. The number of halogens is 1. The molecule has 2 aromatic carbocycles. The molecule has 0 heterocycles. The highest BCUT2D eigenvalue weighted by molar-refractivity contribution is 14.0. The van der Waals surface area contributed by atoms with Crippen LogP contribution in [0.15, 0.2) is 47.5 Å². The molecule has 0 unspecified atom stereocenters. The summed E-state index contributed by atoms with van der Waals surface area (Å²) in [5.41, 5.74) is 2.17. The van der Waals surface area contributed by atoms with Crippen molar-refractivity contribution >= 4 is 29.9 Å². The maximum Gasteiger partial charge on any atom is 0.191 e. The Kier molecular flexibility index (Phi) is 11.9. The molecule has 2 rings (SSSR count). The van der Waals surface area contributed by atoms with Crippen LogP contribution in [-0.2, 0) is 13.1 Å². The summed E-state index contributed by atoms with van der Waals surface area (Å²) in [7, 11) is 3.41. The van der Waals surface area contributed by atoms with Crippen LogP contribution in [0, 0.1) is 0 Å². The summed E-state index contributed by atoms with van der Waals surface area (Å²) in [4.78, 5) is 4.29. The van der Waals surface area contributed by atoms with Crippen molar-refractivity contribution in [2.24, 2.45) is 4.99 Å². The molecule has 0 amide bonds. The molecule has 0 spiro atoms. The molecule has 0 fully saturated rings. The Morgan fingerprint density at radius 2 is 1.69 bits per heavy atom. The van der Waals surface area contributed by atoms with Gasteiger partial charge in [0.05, 0.1) is 20.3 Å². The second-order valence-electron chi connectivity index (χ2n) is 6.15. The fourth-order valence-electron chi connectivity index (χ4n) is 2.68. The van der Waals surface area contributed by atoms with Crippen molar-refractivity contribution in [1.29, 1.82) is 0 Å². The molecule has 0 radical (unpaired) electrons. The van der Waals surface area contributed by atoms with Crippen molar-refractivity contribution in [3.63, 3.8) is 0 Å². The fraction of sp³-hybridized carbons (Fsp3) is 0.409. The second-order valence-corrected chi connectivity index (χ2v) is 6.15. The molecule has 0 atom stereocenters. The highest BCUT2D eigenvalue weighted by Gasteiger charge is 2.07. The lowest BCUT2D eigenvalue weighted by Gasteiger charge is -2.15. The Bertz CT molecular complexity index is 769. The minimum Gasteiger partial charge on any atom is -0.494 e. The third kappa shape index (κ3) is 8.00. The number of methoxy groups -OCH3 is 1. The highest BCUT2D eigenvalue weighted by atomic mass is 127. The van der Waals surface area contributed by atoms with Crippen LogP contribution in [0.4, 0.5) is 0 Å². The fourth-order valence-corrected chi connectivity index (χ4v) is 2.68. The van der Waals surface area contributed by atoms with E-state index in [1.807, 2.05) is 49.4 Å². The smallest absolute Gasteiger partial charge is 0.191 e. The van der Waals surface area contributed by atoms with Crippen LogP contribution in [-0.4, -0.2) is 33.3 Å². The second kappa shape index (κ2) is 13.9. The molecule has 0 aliphatic carbocycles. The number of hydrogen-bond acceptors (Lipinski definition) is 4. The van der Waals surface area contributed by atoms with E-state index in [9.17, 15) is 0 Å². The van der Waals surface area contributed by atoms with Gasteiger partial charge in [0.1, 0.15) is 5.75 Å². The molecule has 2 aromatic rings. The van der Waals surface area contributed by atoms with Crippen molar-refractivity contribution in [2.75, 3.05) is 27.4 Å². The van der Waals surface area contributed by atoms with Gasteiger partial charge in [-0.3, -0.25) is 4.99 Å². The summed E-state index contributed by atoms with van der Waals surface area (Å²) in [5, 5.41) is 6.65. The van der Waals surface area contributed by atoms with Gasteiger partial charge < -0.3 is 24.8 Å². The van der Waals surface area contributed by atoms with Crippen LogP contribution in [0.3, 0.4) is 0 Å². The first-order chi connectivity index (χ1) is 13.7. The molecular formula is C22H32IN3O3. The standard InChI is InChI=1S/C22H31N3O3.HI/c1-5-13-28-20-12-11-17(14-21(20)26-4)15-24-22(23-3)25-16-18-9-7-8-10-19(18)27-6-2;/h7-12,14H,5-6,13,15-16H2,1-4H3,(H2,23,24,25);1H. The minimum atomic E-state index is 0. The Labute approximate surface area is 191 Å². The van der Waals surface area contributed by atoms with E-state index in [-0.39, 0.29) is 24.0 Å². The predicted octanol–water partition coefficient (Wildman–Crippen LogP) is 4.37. The first-order valence-corrected chi connectivity index (χ1v) is 9.66. The first-order valence-electron chi connectivity index (χ1n) is 9.66. The molecule has 29 heavy (non-hydrogen) atoms. The van der Waals surface area contributed by atoms with Crippen molar-refractivity contribution in [3.05, 3.63) is 53.6 Å². The van der Waals surface area contributed by atoms with Gasteiger partial charge in [-0.05, 0) is 37.1 Å². The summed E-state index contributed by atoms with van der Waals surface area (Å²) in [6, 6.07) is 14.0. The topological polar surface area (TPSA) is 64.1 Å². The summed E-state index contributed by atoms with van der Waals surface area (Å²) in [6.45, 7) is 6.63. The zero-order valence-corrected chi connectivity index (χ0v) is 20.0. The lowest BCUT2D eigenvalue weighted by molar-refractivity contribution is 0.294. The number of benzene rings is 2. The van der Waals surface area contributed by atoms with Gasteiger partial charge in [-0.2, -0.15) is 0 Å². The van der Waals surface area contributed by atoms with Gasteiger partial charge in [-0.15, -0.1) is 24.0 Å². The number of rotatable bonds is 10. The predicted molar refractivity (Wildman–Crippen MR) is 129 cm³/mol. The van der Waals surface area contributed by atoms with Gasteiger partial charge in [0.15, 0.2) is 17.5 Å². The number of ether oxygens (including phenoxy) is 3. The van der Waals surface area contributed by atoms with Crippen molar-refractivity contribution < 1.29 is 14.2 Å². The minimum absolute atomic E-state index is 0. The number of aliphatic imine (C=N–C) groups is 1. The Hall–Kier alpha value is -2.16. The molecule has 0 bridgehead atoms. The number of nitrogens with one attached hydrogen (secondary N) is 2. The molecule has 0 saturated carbocycles. The van der Waals surface area contributed by atoms with Crippen LogP contribution in [0.2, 0.25) is 0 Å². The van der Waals surface area contributed by atoms with E-state index in [0.29, 0.717) is 26.3 Å². The molecule has 0 aromatic heterocycles. The van der Waals surface area contributed by atoms with E-state index in [4.69, 9.17) is 14.2 Å². The number of guanidine groups is 1. The molecular weight excluding hydrogens is 481 g/mol. The number of nitrogens with zero attached hydrogens (tertiary/aromatic N) is 1. The lowest BCUT2D eigenvalue weighted by Crippen LogP contribution is -2.36. The molecule has 0 aliphatic rings. The first kappa shape index (κ1) is 24.9. The molecule has 6 nitrogen and oxygen atoms in total. The van der Waals surface area contributed by atoms with Crippen molar-refractivity contribution in [2.45, 2.75) is 33.4 Å². The van der Waals surface area contributed by atoms with Crippen LogP contribution in [0.5, 0.6) is 17.2 Å². The van der Waals surface area contributed by atoms with Crippen LogP contribution in [0.25, 0.3) is 0 Å². The third-order valence-electron chi connectivity index (χ3n) is 4.09. The lowest BCUT2D eigenvalue weighted by atomic mass is 10.2. The molecule has 160 valence electrons. The van der Waals surface area contributed by atoms with Gasteiger partial charge >= 0.3 is 0 Å². The van der Waals surface area contributed by atoms with Gasteiger partial charge in [0, 0.05) is 25.7 Å². The normalized spacial score (nSPS) is 10.7. The summed E-state index contributed by atoms with van der Waals surface area (Å²) >= 11 is 0. The monoisotopic (exact) mass is 513 g/mol. The molecule has 0 saturated heterocycles. The summed E-state index contributed by atoms with van der Waals surface area (Å²) in [6.07, 6.45) is 0.959. The molecule has 0 aliphatic heterocycles. The van der Waals surface area contributed by atoms with Crippen LogP contribution >= 0.6 is 24.0 Å². The van der Waals surface area contributed by atoms with E-state index >= 15 is 0 Å². The molecule has 7 heteroatoms. The zero-order chi connectivity index (χ0) is 20.2. The van der Waals surface area contributed by atoms with Crippen molar-refractivity contribution in [3.8, 4) is 17.2 Å². The van der Waals surface area contributed by atoms with E-state index in [0.717, 1.165) is 40.8 Å². The van der Waals surface area contributed by atoms with E-state index < -0.39 is 0 Å². The summed E-state index contributed by atoms with van der Waals surface area (Å²) < 4.78 is 16.8. The average Bonchev–Trinajstić information content (AvgIpc) is 2.73. The van der Waals surface area contributed by atoms with Gasteiger partial charge in [-0.25, -0.2) is 0 Å². The summed E-state index contributed by atoms with van der Waals surface area (Å²) in [5.74, 6) is 3.11. The van der Waals surface area contributed by atoms with Crippen molar-refractivity contribution in [1.82, 2.24) is 10.6 Å². The number of para-hydroxylation sites is 1. The van der Waals surface area contributed by atoms with Crippen LogP contribution in [0.1, 0.15) is 31.4 Å². The Morgan fingerprint density at radius 3 is 2.38 bits per heavy atom. The third-order valence-corrected chi connectivity index (χ3v) is 4.09. The van der Waals surface area contributed by atoms with E-state index in [1.165, 1.54) is 0 Å². The van der Waals surface area contributed by atoms with E-state index in [2.05, 4.69) is 22.5 Å². The maximum atomic E-state index is 5.70. The highest BCUT2D eigenvalue weighted by Crippen LogP contribution is 2.28. The Morgan fingerprint density at radius 1 is 0.931 bits per heavy atom. The van der Waals surface area contributed by atoms with Crippen LogP contribution < -0.4 is 24.8 Å². The number of hydrogen-bond donors (Lipinski definition) is 2. The average molecular weight is 513 g/mol. The zero-order valence-electron chi connectivity index (χ0n) is 17.7. The van der Waals surface area contributed by atoms with E-state index in [1.54, 1.807) is 14.2 Å².